The van der Waals surface area contributed by atoms with Crippen LogP contribution >= 0.6 is 12.2 Å². The Bertz CT molecular complexity index is 384. The van der Waals surface area contributed by atoms with Crippen LogP contribution in [-0.4, -0.2) is 24.2 Å². The van der Waals surface area contributed by atoms with Gasteiger partial charge in [-0.2, -0.15) is 0 Å². The third kappa shape index (κ3) is 4.69. The van der Waals surface area contributed by atoms with E-state index in [0.29, 0.717) is 10.9 Å². The topological polar surface area (TPSA) is 62.4 Å². The van der Waals surface area contributed by atoms with Gasteiger partial charge in [0.2, 0.25) is 0 Å². The Balaban J connectivity index is 2.40. The van der Waals surface area contributed by atoms with Crippen molar-refractivity contribution in [2.24, 2.45) is 0 Å². The summed E-state index contributed by atoms with van der Waals surface area (Å²) in [4.78, 5) is 11.6. The predicted octanol–water partition coefficient (Wildman–Crippen LogP) is 0.579. The molecular weight excluding hydrogens is 238 g/mol. The van der Waals surface area contributed by atoms with Gasteiger partial charge in [0.15, 0.2) is 11.2 Å². The highest BCUT2D eigenvalue weighted by Gasteiger charge is 2.14. The van der Waals surface area contributed by atoms with Crippen molar-refractivity contribution in [2.75, 3.05) is 7.05 Å². The van der Waals surface area contributed by atoms with E-state index in [4.69, 9.17) is 17.0 Å². The number of amides is 1. The van der Waals surface area contributed by atoms with E-state index < -0.39 is 6.10 Å². The second kappa shape index (κ2) is 6.70. The van der Waals surface area contributed by atoms with Crippen LogP contribution in [0, 0.1) is 0 Å². The van der Waals surface area contributed by atoms with Crippen LogP contribution in [0.15, 0.2) is 30.3 Å². The van der Waals surface area contributed by atoms with Gasteiger partial charge in [-0.25, -0.2) is 0 Å². The Kier molecular flexibility index (Phi) is 5.22. The zero-order valence-corrected chi connectivity index (χ0v) is 10.5. The largest absolute Gasteiger partial charge is 0.481 e. The molecule has 1 rings (SSSR count). The number of hydrogen-bond acceptors (Lipinski definition) is 3. The average molecular weight is 253 g/mol. The molecule has 92 valence electrons. The van der Waals surface area contributed by atoms with Gasteiger partial charge in [0, 0.05) is 7.05 Å². The summed E-state index contributed by atoms with van der Waals surface area (Å²) in [6.45, 7) is 1.66. The number of benzene rings is 1. The molecule has 1 atom stereocenters. The first-order chi connectivity index (χ1) is 8.13. The van der Waals surface area contributed by atoms with Gasteiger partial charge in [-0.1, -0.05) is 18.2 Å². The van der Waals surface area contributed by atoms with Crippen molar-refractivity contribution < 1.29 is 9.53 Å². The van der Waals surface area contributed by atoms with Crippen LogP contribution < -0.4 is 20.9 Å². The molecule has 6 heteroatoms. The molecule has 0 saturated heterocycles. The lowest BCUT2D eigenvalue weighted by atomic mass is 10.3. The molecule has 0 aromatic heterocycles. The molecule has 0 bridgehead atoms. The van der Waals surface area contributed by atoms with E-state index in [2.05, 4.69) is 16.2 Å². The maximum absolute atomic E-state index is 11.6. The second-order valence-electron chi connectivity index (χ2n) is 3.27. The fourth-order valence-corrected chi connectivity index (χ4v) is 1.09. The first-order valence-electron chi connectivity index (χ1n) is 5.12. The Labute approximate surface area is 106 Å². The molecule has 5 nitrogen and oxygen atoms in total. The van der Waals surface area contributed by atoms with Crippen LogP contribution in [0.4, 0.5) is 0 Å². The number of para-hydroxylation sites is 1. The van der Waals surface area contributed by atoms with Crippen LogP contribution in [0.1, 0.15) is 6.92 Å². The molecule has 0 fully saturated rings. The number of hydrazine groups is 1. The Morgan fingerprint density at radius 1 is 1.29 bits per heavy atom. The number of hydrogen-bond donors (Lipinski definition) is 3. The summed E-state index contributed by atoms with van der Waals surface area (Å²) in [5.41, 5.74) is 4.98. The van der Waals surface area contributed by atoms with E-state index in [1.165, 1.54) is 0 Å². The zero-order chi connectivity index (χ0) is 12.7. The normalized spacial score (nSPS) is 11.2. The molecule has 17 heavy (non-hydrogen) atoms. The molecule has 0 spiro atoms. The van der Waals surface area contributed by atoms with E-state index in [0.717, 1.165) is 0 Å². The first kappa shape index (κ1) is 13.2. The third-order valence-electron chi connectivity index (χ3n) is 1.95. The third-order valence-corrected chi connectivity index (χ3v) is 2.26. The van der Waals surface area contributed by atoms with Crippen molar-refractivity contribution in [3.8, 4) is 5.75 Å². The fourth-order valence-electron chi connectivity index (χ4n) is 1.04. The molecule has 1 aromatic carbocycles. The summed E-state index contributed by atoms with van der Waals surface area (Å²) >= 11 is 4.81. The number of thiocarbonyl (C=S) groups is 1. The fraction of sp³-hybridized carbons (Fsp3) is 0.273. The average Bonchev–Trinajstić information content (AvgIpc) is 2.36. The van der Waals surface area contributed by atoms with Gasteiger partial charge in [0.25, 0.3) is 5.91 Å². The quantitative estimate of drug-likeness (QED) is 0.543. The monoisotopic (exact) mass is 253 g/mol. The minimum Gasteiger partial charge on any atom is -0.481 e. The molecule has 1 amide bonds. The van der Waals surface area contributed by atoms with Crippen molar-refractivity contribution in [3.63, 3.8) is 0 Å². The number of ether oxygens (including phenoxy) is 1. The molecule has 0 aliphatic carbocycles. The molecule has 0 radical (unpaired) electrons. The van der Waals surface area contributed by atoms with Crippen LogP contribution in [0.25, 0.3) is 0 Å². The summed E-state index contributed by atoms with van der Waals surface area (Å²) in [7, 11) is 1.66. The smallest absolute Gasteiger partial charge is 0.279 e. The zero-order valence-electron chi connectivity index (χ0n) is 9.69. The maximum Gasteiger partial charge on any atom is 0.279 e. The lowest BCUT2D eigenvalue weighted by molar-refractivity contribution is -0.127. The molecule has 1 aromatic rings. The van der Waals surface area contributed by atoms with E-state index >= 15 is 0 Å². The summed E-state index contributed by atoms with van der Waals surface area (Å²) in [5.74, 6) is 0.345. The lowest BCUT2D eigenvalue weighted by Gasteiger charge is -2.15. The first-order valence-corrected chi connectivity index (χ1v) is 5.53. The van der Waals surface area contributed by atoms with Crippen molar-refractivity contribution in [1.82, 2.24) is 16.2 Å². The van der Waals surface area contributed by atoms with E-state index in [9.17, 15) is 4.79 Å². The highest BCUT2D eigenvalue weighted by atomic mass is 32.1. The number of nitrogens with one attached hydrogen (secondary N) is 3. The molecule has 0 aliphatic heterocycles. The predicted molar refractivity (Wildman–Crippen MR) is 69.5 cm³/mol. The number of rotatable bonds is 3. The van der Waals surface area contributed by atoms with Gasteiger partial charge in [0.05, 0.1) is 0 Å². The van der Waals surface area contributed by atoms with E-state index in [1.807, 2.05) is 18.2 Å². The van der Waals surface area contributed by atoms with Crippen molar-refractivity contribution in [1.29, 1.82) is 0 Å². The Hall–Kier alpha value is -1.82. The van der Waals surface area contributed by atoms with Gasteiger partial charge in [-0.05, 0) is 31.3 Å². The molecular formula is C11H15N3O2S. The second-order valence-corrected chi connectivity index (χ2v) is 3.67. The van der Waals surface area contributed by atoms with E-state index in [-0.39, 0.29) is 5.91 Å². The maximum atomic E-state index is 11.6. The van der Waals surface area contributed by atoms with Gasteiger partial charge in [0.1, 0.15) is 5.75 Å². The van der Waals surface area contributed by atoms with Crippen molar-refractivity contribution >= 4 is 23.2 Å². The van der Waals surface area contributed by atoms with Crippen LogP contribution in [0.5, 0.6) is 5.75 Å². The summed E-state index contributed by atoms with van der Waals surface area (Å²) in [6.07, 6.45) is -0.607. The summed E-state index contributed by atoms with van der Waals surface area (Å²) in [5, 5.41) is 3.01. The molecule has 0 saturated carbocycles. The number of carbonyl (C=O) groups is 1. The SMILES string of the molecule is CNC(=S)NNC(=O)[C@@H](C)Oc1ccccc1. The molecule has 0 aliphatic rings. The molecule has 0 heterocycles. The van der Waals surface area contributed by atoms with E-state index in [1.54, 1.807) is 26.1 Å². The summed E-state index contributed by atoms with van der Waals surface area (Å²) in [6, 6.07) is 9.14. The van der Waals surface area contributed by atoms with Crippen LogP contribution in [-0.2, 0) is 4.79 Å². The van der Waals surface area contributed by atoms with Crippen LogP contribution in [0.3, 0.4) is 0 Å². The van der Waals surface area contributed by atoms with Gasteiger partial charge >= 0.3 is 0 Å². The standard InChI is InChI=1S/C11H15N3O2S/c1-8(10(15)13-14-11(17)12-2)16-9-6-4-3-5-7-9/h3-8H,1-2H3,(H,13,15)(H2,12,14,17)/t8-/m1/s1. The van der Waals surface area contributed by atoms with Gasteiger partial charge in [-0.15, -0.1) is 0 Å². The summed E-state index contributed by atoms with van der Waals surface area (Å²) < 4.78 is 5.43. The highest BCUT2D eigenvalue weighted by Crippen LogP contribution is 2.10. The van der Waals surface area contributed by atoms with Crippen LogP contribution in [0.2, 0.25) is 0 Å². The lowest BCUT2D eigenvalue weighted by Crippen LogP contribution is -2.49. The van der Waals surface area contributed by atoms with Crippen molar-refractivity contribution in [3.05, 3.63) is 30.3 Å². The Morgan fingerprint density at radius 3 is 2.53 bits per heavy atom. The Morgan fingerprint density at radius 2 is 1.94 bits per heavy atom. The van der Waals surface area contributed by atoms with Crippen molar-refractivity contribution in [2.45, 2.75) is 13.0 Å². The molecule has 0 unspecified atom stereocenters. The minimum atomic E-state index is -0.607. The molecule has 3 N–H and O–H groups in total. The van der Waals surface area contributed by atoms with Gasteiger partial charge < -0.3 is 10.1 Å². The number of carbonyl (C=O) groups excluding carboxylic acids is 1. The highest BCUT2D eigenvalue weighted by molar-refractivity contribution is 7.80. The minimum absolute atomic E-state index is 0.300. The van der Waals surface area contributed by atoms with Gasteiger partial charge in [-0.3, -0.25) is 15.6 Å².